The fourth-order valence-electron chi connectivity index (χ4n) is 3.65. The molecule has 136 valence electrons. The summed E-state index contributed by atoms with van der Waals surface area (Å²) in [5.74, 6) is -0.702. The molecular weight excluding hydrogens is 341 g/mol. The molecular formula is C19H19F3N4. The van der Waals surface area contributed by atoms with Crippen LogP contribution in [0.1, 0.15) is 17.8 Å². The van der Waals surface area contributed by atoms with E-state index in [-0.39, 0.29) is 12.5 Å². The van der Waals surface area contributed by atoms with E-state index in [0.717, 1.165) is 26.1 Å². The van der Waals surface area contributed by atoms with Crippen molar-refractivity contribution in [2.45, 2.75) is 25.7 Å². The number of hydrogen-bond acceptors (Lipinski definition) is 3. The molecule has 1 aromatic carbocycles. The average Bonchev–Trinajstić information content (AvgIpc) is 3.21. The molecule has 1 atom stereocenters. The third-order valence-electron chi connectivity index (χ3n) is 4.82. The molecule has 0 aliphatic carbocycles. The van der Waals surface area contributed by atoms with Crippen LogP contribution in [-0.4, -0.2) is 32.5 Å². The third kappa shape index (κ3) is 3.44. The van der Waals surface area contributed by atoms with Gasteiger partial charge in [-0.1, -0.05) is 30.3 Å². The number of pyridine rings is 1. The van der Waals surface area contributed by atoms with Crippen LogP contribution in [0, 0.1) is 5.92 Å². The molecule has 0 N–H and O–H groups in total. The Morgan fingerprint density at radius 3 is 2.65 bits per heavy atom. The van der Waals surface area contributed by atoms with Gasteiger partial charge in [0.15, 0.2) is 5.65 Å². The van der Waals surface area contributed by atoms with E-state index >= 15 is 0 Å². The first-order chi connectivity index (χ1) is 12.5. The van der Waals surface area contributed by atoms with Crippen molar-refractivity contribution in [3.63, 3.8) is 0 Å². The molecule has 0 amide bonds. The summed E-state index contributed by atoms with van der Waals surface area (Å²) < 4.78 is 41.5. The van der Waals surface area contributed by atoms with Crippen LogP contribution in [0.5, 0.6) is 0 Å². The molecule has 4 rings (SSSR count). The van der Waals surface area contributed by atoms with Crippen LogP contribution in [0.3, 0.4) is 0 Å². The van der Waals surface area contributed by atoms with Crippen molar-refractivity contribution in [1.82, 2.24) is 19.4 Å². The first-order valence-corrected chi connectivity index (χ1v) is 8.65. The fraction of sp³-hybridized carbons (Fsp3) is 0.368. The molecule has 4 nitrogen and oxygen atoms in total. The number of likely N-dealkylation sites (tertiary alicyclic amines) is 1. The zero-order valence-corrected chi connectivity index (χ0v) is 14.2. The summed E-state index contributed by atoms with van der Waals surface area (Å²) in [4.78, 5) is 10.2. The predicted molar refractivity (Wildman–Crippen MR) is 92.4 cm³/mol. The number of fused-ring (bicyclic) bond motifs is 1. The molecule has 0 spiro atoms. The lowest BCUT2D eigenvalue weighted by Crippen LogP contribution is -2.23. The standard InChI is InChI=1S/C19H19F3N4/c20-19(21,22)18-24-16-7-4-9-23-17(16)26(18)13-15-8-10-25(12-15)11-14-5-2-1-3-6-14/h1-7,9,15H,8,10-13H2. The van der Waals surface area contributed by atoms with Crippen LogP contribution >= 0.6 is 0 Å². The van der Waals surface area contributed by atoms with Gasteiger partial charge in [-0.2, -0.15) is 13.2 Å². The molecule has 7 heteroatoms. The Labute approximate surface area is 149 Å². The van der Waals surface area contributed by atoms with Crippen molar-refractivity contribution in [3.8, 4) is 0 Å². The molecule has 1 saturated heterocycles. The highest BCUT2D eigenvalue weighted by Crippen LogP contribution is 2.32. The van der Waals surface area contributed by atoms with E-state index in [9.17, 15) is 13.2 Å². The number of nitrogens with zero attached hydrogens (tertiary/aromatic N) is 4. The average molecular weight is 360 g/mol. The van der Waals surface area contributed by atoms with E-state index in [2.05, 4.69) is 27.0 Å². The van der Waals surface area contributed by atoms with Gasteiger partial charge in [-0.25, -0.2) is 9.97 Å². The summed E-state index contributed by atoms with van der Waals surface area (Å²) in [5.41, 5.74) is 1.82. The van der Waals surface area contributed by atoms with E-state index in [1.807, 2.05) is 18.2 Å². The van der Waals surface area contributed by atoms with E-state index in [0.29, 0.717) is 11.2 Å². The topological polar surface area (TPSA) is 34.0 Å². The second-order valence-corrected chi connectivity index (χ2v) is 6.77. The summed E-state index contributed by atoms with van der Waals surface area (Å²) in [6.07, 6.45) is -2.10. The van der Waals surface area contributed by atoms with Gasteiger partial charge in [-0.3, -0.25) is 4.90 Å². The molecule has 0 bridgehead atoms. The van der Waals surface area contributed by atoms with Crippen LogP contribution in [0.4, 0.5) is 13.2 Å². The fourth-order valence-corrected chi connectivity index (χ4v) is 3.65. The van der Waals surface area contributed by atoms with Gasteiger partial charge in [0, 0.05) is 25.8 Å². The lowest BCUT2D eigenvalue weighted by Gasteiger charge is -2.17. The molecule has 1 aliphatic heterocycles. The van der Waals surface area contributed by atoms with Gasteiger partial charge in [-0.15, -0.1) is 0 Å². The van der Waals surface area contributed by atoms with Gasteiger partial charge in [0.25, 0.3) is 0 Å². The summed E-state index contributed by atoms with van der Waals surface area (Å²) in [6, 6.07) is 13.3. The predicted octanol–water partition coefficient (Wildman–Crippen LogP) is 3.97. The summed E-state index contributed by atoms with van der Waals surface area (Å²) in [7, 11) is 0. The Bertz CT molecular complexity index is 889. The smallest absolute Gasteiger partial charge is 0.305 e. The maximum atomic E-state index is 13.4. The maximum absolute atomic E-state index is 13.4. The molecule has 1 unspecified atom stereocenters. The Hall–Kier alpha value is -2.41. The zero-order chi connectivity index (χ0) is 18.1. The number of hydrogen-bond donors (Lipinski definition) is 0. The van der Waals surface area contributed by atoms with Gasteiger partial charge in [0.05, 0.1) is 0 Å². The highest BCUT2D eigenvalue weighted by molar-refractivity contribution is 5.71. The third-order valence-corrected chi connectivity index (χ3v) is 4.82. The maximum Gasteiger partial charge on any atom is 0.449 e. The number of halogens is 3. The van der Waals surface area contributed by atoms with Crippen LogP contribution in [-0.2, 0) is 19.3 Å². The minimum Gasteiger partial charge on any atom is -0.305 e. The van der Waals surface area contributed by atoms with Gasteiger partial charge in [0.1, 0.15) is 5.52 Å². The number of imidazole rings is 1. The lowest BCUT2D eigenvalue weighted by molar-refractivity contribution is -0.147. The Balaban J connectivity index is 1.53. The van der Waals surface area contributed by atoms with Crippen molar-refractivity contribution in [1.29, 1.82) is 0 Å². The summed E-state index contributed by atoms with van der Waals surface area (Å²) in [6.45, 7) is 2.78. The minimum atomic E-state index is -4.48. The largest absolute Gasteiger partial charge is 0.449 e. The zero-order valence-electron chi connectivity index (χ0n) is 14.2. The first-order valence-electron chi connectivity index (χ1n) is 8.65. The number of benzene rings is 1. The SMILES string of the molecule is FC(F)(F)c1nc2cccnc2n1CC1CCN(Cc2ccccc2)C1. The lowest BCUT2D eigenvalue weighted by atomic mass is 10.1. The second-order valence-electron chi connectivity index (χ2n) is 6.77. The van der Waals surface area contributed by atoms with Crippen LogP contribution < -0.4 is 0 Å². The summed E-state index contributed by atoms with van der Waals surface area (Å²) >= 11 is 0. The number of rotatable bonds is 4. The molecule has 3 heterocycles. The van der Waals surface area contributed by atoms with Gasteiger partial charge >= 0.3 is 6.18 Å². The normalized spacial score (nSPS) is 18.7. The number of alkyl halides is 3. The van der Waals surface area contributed by atoms with Crippen molar-refractivity contribution < 1.29 is 13.2 Å². The van der Waals surface area contributed by atoms with Crippen molar-refractivity contribution in [2.75, 3.05) is 13.1 Å². The van der Waals surface area contributed by atoms with Gasteiger partial charge in [-0.05, 0) is 36.6 Å². The quantitative estimate of drug-likeness (QED) is 0.706. The van der Waals surface area contributed by atoms with Gasteiger partial charge < -0.3 is 4.57 Å². The second kappa shape index (κ2) is 6.72. The Morgan fingerprint density at radius 1 is 1.08 bits per heavy atom. The highest BCUT2D eigenvalue weighted by Gasteiger charge is 2.38. The Morgan fingerprint density at radius 2 is 1.88 bits per heavy atom. The van der Waals surface area contributed by atoms with Crippen LogP contribution in [0.15, 0.2) is 48.7 Å². The molecule has 26 heavy (non-hydrogen) atoms. The Kier molecular flexibility index (Phi) is 4.40. The summed E-state index contributed by atoms with van der Waals surface area (Å²) in [5, 5.41) is 0. The van der Waals surface area contributed by atoms with Crippen molar-refractivity contribution >= 4 is 11.2 Å². The van der Waals surface area contributed by atoms with E-state index < -0.39 is 12.0 Å². The minimum absolute atomic E-state index is 0.152. The van der Waals surface area contributed by atoms with Crippen LogP contribution in [0.2, 0.25) is 0 Å². The molecule has 1 fully saturated rings. The van der Waals surface area contributed by atoms with E-state index in [4.69, 9.17) is 0 Å². The molecule has 0 radical (unpaired) electrons. The monoisotopic (exact) mass is 360 g/mol. The first kappa shape index (κ1) is 17.0. The van der Waals surface area contributed by atoms with Crippen molar-refractivity contribution in [3.05, 3.63) is 60.0 Å². The molecule has 3 aromatic rings. The molecule has 2 aromatic heterocycles. The van der Waals surface area contributed by atoms with Crippen LogP contribution in [0.25, 0.3) is 11.2 Å². The van der Waals surface area contributed by atoms with E-state index in [1.54, 1.807) is 12.1 Å². The molecule has 0 saturated carbocycles. The molecule has 1 aliphatic rings. The number of aromatic nitrogens is 3. The van der Waals surface area contributed by atoms with Crippen molar-refractivity contribution in [2.24, 2.45) is 5.92 Å². The van der Waals surface area contributed by atoms with Gasteiger partial charge in [0.2, 0.25) is 5.82 Å². The highest BCUT2D eigenvalue weighted by atomic mass is 19.4. The van der Waals surface area contributed by atoms with E-state index in [1.165, 1.54) is 16.3 Å².